The number of nitrogens with zero attached hydrogens (tertiary/aromatic N) is 2. The van der Waals surface area contributed by atoms with Crippen LogP contribution in [-0.2, 0) is 9.59 Å². The number of rotatable bonds is 3. The molecule has 0 unspecified atom stereocenters. The Labute approximate surface area is 89.6 Å². The molecule has 6 nitrogen and oxygen atoms in total. The molecule has 0 aliphatic heterocycles. The van der Waals surface area contributed by atoms with Crippen LogP contribution in [0.25, 0.3) is 0 Å². The van der Waals surface area contributed by atoms with Crippen LogP contribution < -0.4 is 5.32 Å². The molecule has 1 rings (SSSR count). The Kier molecular flexibility index (Phi) is 3.75. The van der Waals surface area contributed by atoms with Crippen LogP contribution in [0.1, 0.15) is 0 Å². The van der Waals surface area contributed by atoms with Crippen molar-refractivity contribution in [2.24, 2.45) is 0 Å². The lowest BCUT2D eigenvalue weighted by molar-refractivity contribution is -0.131. The standard InChI is InChI=1S/C8H6ClN3O3/c9-5-3-4-10-8(11-5)12-6(13)1-2-7(14)15/h1-4H,(H,14,15)(H,10,11,12,13)/b2-1+. The molecule has 1 aromatic rings. The Morgan fingerprint density at radius 2 is 2.20 bits per heavy atom. The molecule has 0 saturated carbocycles. The van der Waals surface area contributed by atoms with Gasteiger partial charge in [-0.1, -0.05) is 11.6 Å². The van der Waals surface area contributed by atoms with Crippen molar-refractivity contribution in [1.82, 2.24) is 9.97 Å². The van der Waals surface area contributed by atoms with Gasteiger partial charge >= 0.3 is 5.97 Å². The largest absolute Gasteiger partial charge is 0.478 e. The summed E-state index contributed by atoms with van der Waals surface area (Å²) < 4.78 is 0. The van der Waals surface area contributed by atoms with Crippen molar-refractivity contribution < 1.29 is 14.7 Å². The minimum absolute atomic E-state index is 0.0162. The molecular formula is C8H6ClN3O3. The third kappa shape index (κ3) is 4.19. The molecule has 0 aromatic carbocycles. The Morgan fingerprint density at radius 3 is 2.80 bits per heavy atom. The summed E-state index contributed by atoms with van der Waals surface area (Å²) in [5.41, 5.74) is 0. The van der Waals surface area contributed by atoms with E-state index < -0.39 is 11.9 Å². The highest BCUT2D eigenvalue weighted by Crippen LogP contribution is 2.05. The number of anilines is 1. The number of aromatic nitrogens is 2. The number of nitrogens with one attached hydrogen (secondary N) is 1. The van der Waals surface area contributed by atoms with Crippen LogP contribution in [0.15, 0.2) is 24.4 Å². The second-order valence-corrected chi connectivity index (χ2v) is 2.75. The van der Waals surface area contributed by atoms with Crippen molar-refractivity contribution in [2.45, 2.75) is 0 Å². The van der Waals surface area contributed by atoms with Gasteiger partial charge in [-0.25, -0.2) is 14.8 Å². The highest BCUT2D eigenvalue weighted by Gasteiger charge is 2.01. The van der Waals surface area contributed by atoms with Gasteiger partial charge in [0, 0.05) is 18.3 Å². The summed E-state index contributed by atoms with van der Waals surface area (Å²) in [4.78, 5) is 28.5. The topological polar surface area (TPSA) is 92.2 Å². The Hall–Kier alpha value is -1.95. The van der Waals surface area contributed by atoms with Gasteiger partial charge in [-0.05, 0) is 6.07 Å². The van der Waals surface area contributed by atoms with E-state index in [0.717, 1.165) is 6.08 Å². The monoisotopic (exact) mass is 227 g/mol. The molecule has 0 radical (unpaired) electrons. The number of amides is 1. The van der Waals surface area contributed by atoms with E-state index in [1.165, 1.54) is 12.3 Å². The molecule has 0 saturated heterocycles. The quantitative estimate of drug-likeness (QED) is 0.586. The van der Waals surface area contributed by atoms with E-state index in [4.69, 9.17) is 16.7 Å². The zero-order chi connectivity index (χ0) is 11.3. The molecule has 0 bridgehead atoms. The predicted octanol–water partition coefficient (Wildman–Crippen LogP) is 0.709. The number of aliphatic carboxylic acids is 1. The van der Waals surface area contributed by atoms with Crippen LogP contribution in [-0.4, -0.2) is 27.0 Å². The molecule has 78 valence electrons. The summed E-state index contributed by atoms with van der Waals surface area (Å²) in [7, 11) is 0. The van der Waals surface area contributed by atoms with Gasteiger partial charge in [0.15, 0.2) is 0 Å². The van der Waals surface area contributed by atoms with Crippen molar-refractivity contribution in [3.63, 3.8) is 0 Å². The molecule has 15 heavy (non-hydrogen) atoms. The minimum Gasteiger partial charge on any atom is -0.478 e. The number of carbonyl (C=O) groups is 2. The second kappa shape index (κ2) is 5.06. The summed E-state index contributed by atoms with van der Waals surface area (Å²) >= 11 is 5.54. The second-order valence-electron chi connectivity index (χ2n) is 2.36. The van der Waals surface area contributed by atoms with Gasteiger partial charge in [-0.3, -0.25) is 10.1 Å². The van der Waals surface area contributed by atoms with Crippen molar-refractivity contribution >= 4 is 29.4 Å². The van der Waals surface area contributed by atoms with E-state index in [9.17, 15) is 9.59 Å². The fraction of sp³-hybridized carbons (Fsp3) is 0. The lowest BCUT2D eigenvalue weighted by Crippen LogP contribution is -2.11. The van der Waals surface area contributed by atoms with Gasteiger partial charge in [0.05, 0.1) is 0 Å². The number of carboxylic acids is 1. The normalized spacial score (nSPS) is 10.2. The number of hydrogen-bond donors (Lipinski definition) is 2. The maximum atomic E-state index is 11.0. The first-order valence-electron chi connectivity index (χ1n) is 3.78. The molecule has 1 aromatic heterocycles. The van der Waals surface area contributed by atoms with Gasteiger partial charge in [0.2, 0.25) is 5.95 Å². The van der Waals surface area contributed by atoms with E-state index >= 15 is 0 Å². The highest BCUT2D eigenvalue weighted by atomic mass is 35.5. The fourth-order valence-electron chi connectivity index (χ4n) is 0.696. The molecule has 0 spiro atoms. The summed E-state index contributed by atoms with van der Waals surface area (Å²) in [5.74, 6) is -1.83. The van der Waals surface area contributed by atoms with Crippen LogP contribution in [0.2, 0.25) is 5.15 Å². The molecule has 2 N–H and O–H groups in total. The Bertz CT molecular complexity index is 419. The van der Waals surface area contributed by atoms with Gasteiger partial charge < -0.3 is 5.11 Å². The van der Waals surface area contributed by atoms with Crippen LogP contribution in [0, 0.1) is 0 Å². The minimum atomic E-state index is -1.21. The summed E-state index contributed by atoms with van der Waals surface area (Å²) in [5, 5.41) is 10.7. The van der Waals surface area contributed by atoms with Crippen LogP contribution in [0.5, 0.6) is 0 Å². The van der Waals surface area contributed by atoms with Crippen molar-refractivity contribution in [2.75, 3.05) is 5.32 Å². The molecular weight excluding hydrogens is 222 g/mol. The molecule has 0 aliphatic rings. The average molecular weight is 228 g/mol. The molecule has 1 amide bonds. The number of halogens is 1. The maximum Gasteiger partial charge on any atom is 0.328 e. The molecule has 0 atom stereocenters. The van der Waals surface area contributed by atoms with Gasteiger partial charge in [-0.2, -0.15) is 0 Å². The molecule has 0 aliphatic carbocycles. The van der Waals surface area contributed by atoms with E-state index in [-0.39, 0.29) is 11.1 Å². The number of hydrogen-bond acceptors (Lipinski definition) is 4. The lowest BCUT2D eigenvalue weighted by Gasteiger charge is -1.98. The SMILES string of the molecule is O=C(O)/C=C/C(=O)Nc1nccc(Cl)n1. The third-order valence-corrected chi connectivity index (χ3v) is 1.44. The first kappa shape index (κ1) is 11.1. The molecule has 1 heterocycles. The van der Waals surface area contributed by atoms with Crippen LogP contribution in [0.3, 0.4) is 0 Å². The predicted molar refractivity (Wildman–Crippen MR) is 52.4 cm³/mol. The van der Waals surface area contributed by atoms with Crippen molar-refractivity contribution in [3.05, 3.63) is 29.6 Å². The fourth-order valence-corrected chi connectivity index (χ4v) is 0.832. The summed E-state index contributed by atoms with van der Waals surface area (Å²) in [6, 6.07) is 1.45. The zero-order valence-corrected chi connectivity index (χ0v) is 8.10. The van der Waals surface area contributed by atoms with Gasteiger partial charge in [-0.15, -0.1) is 0 Å². The highest BCUT2D eigenvalue weighted by molar-refractivity contribution is 6.29. The molecule has 0 fully saturated rings. The molecule has 7 heteroatoms. The van der Waals surface area contributed by atoms with Crippen molar-refractivity contribution in [1.29, 1.82) is 0 Å². The van der Waals surface area contributed by atoms with E-state index in [1.807, 2.05) is 0 Å². The van der Waals surface area contributed by atoms with E-state index in [1.54, 1.807) is 0 Å². The van der Waals surface area contributed by atoms with E-state index in [0.29, 0.717) is 6.08 Å². The summed E-state index contributed by atoms with van der Waals surface area (Å²) in [6.07, 6.45) is 2.93. The van der Waals surface area contributed by atoms with E-state index in [2.05, 4.69) is 15.3 Å². The van der Waals surface area contributed by atoms with Crippen LogP contribution >= 0.6 is 11.6 Å². The Morgan fingerprint density at radius 1 is 1.47 bits per heavy atom. The van der Waals surface area contributed by atoms with Crippen LogP contribution in [0.4, 0.5) is 5.95 Å². The van der Waals surface area contributed by atoms with Gasteiger partial charge in [0.25, 0.3) is 5.91 Å². The third-order valence-electron chi connectivity index (χ3n) is 1.23. The first-order chi connectivity index (χ1) is 7.08. The average Bonchev–Trinajstić information content (AvgIpc) is 2.15. The van der Waals surface area contributed by atoms with Crippen molar-refractivity contribution in [3.8, 4) is 0 Å². The van der Waals surface area contributed by atoms with Gasteiger partial charge in [0.1, 0.15) is 5.15 Å². The summed E-state index contributed by atoms with van der Waals surface area (Å²) in [6.45, 7) is 0. The smallest absolute Gasteiger partial charge is 0.328 e. The zero-order valence-electron chi connectivity index (χ0n) is 7.35. The number of carbonyl (C=O) groups excluding carboxylic acids is 1. The Balaban J connectivity index is 2.63. The lowest BCUT2D eigenvalue weighted by atomic mass is 10.5. The number of carboxylic acid groups (broad SMARTS) is 1. The maximum absolute atomic E-state index is 11.0. The first-order valence-corrected chi connectivity index (χ1v) is 4.16.